The van der Waals surface area contributed by atoms with Crippen LogP contribution in [0.25, 0.3) is 0 Å². The summed E-state index contributed by atoms with van der Waals surface area (Å²) in [4.78, 5) is 21.6. The molecule has 92 valence electrons. The highest BCUT2D eigenvalue weighted by molar-refractivity contribution is 5.76. The first-order valence-corrected chi connectivity index (χ1v) is 5.10. The van der Waals surface area contributed by atoms with E-state index in [9.17, 15) is 14.0 Å². The van der Waals surface area contributed by atoms with E-state index in [1.165, 1.54) is 18.2 Å². The lowest BCUT2D eigenvalue weighted by Crippen LogP contribution is -2.19. The molecular weight excluding hydrogens is 227 g/mol. The van der Waals surface area contributed by atoms with Crippen LogP contribution in [0.15, 0.2) is 18.2 Å². The molecule has 0 aliphatic rings. The van der Waals surface area contributed by atoms with Crippen LogP contribution in [-0.4, -0.2) is 25.0 Å². The quantitative estimate of drug-likeness (QED) is 0.583. The first-order chi connectivity index (χ1) is 8.04. The van der Waals surface area contributed by atoms with Crippen molar-refractivity contribution in [3.63, 3.8) is 0 Å². The maximum Gasteiger partial charge on any atom is 0.344 e. The second-order valence-corrected chi connectivity index (χ2v) is 3.60. The summed E-state index contributed by atoms with van der Waals surface area (Å²) < 4.78 is 23.2. The summed E-state index contributed by atoms with van der Waals surface area (Å²) in [5, 5.41) is 0. The fraction of sp³-hybridized carbons (Fsp3) is 0.333. The van der Waals surface area contributed by atoms with Crippen molar-refractivity contribution in [2.75, 3.05) is 6.61 Å². The Morgan fingerprint density at radius 2 is 2.18 bits per heavy atom. The molecule has 1 aromatic carbocycles. The molecule has 5 heteroatoms. The Labute approximate surface area is 98.3 Å². The van der Waals surface area contributed by atoms with Gasteiger partial charge in [-0.3, -0.25) is 4.79 Å². The lowest BCUT2D eigenvalue weighted by Gasteiger charge is -2.10. The largest absolute Gasteiger partial charge is 0.479 e. The normalized spacial score (nSPS) is 10.1. The first kappa shape index (κ1) is 13.2. The van der Waals surface area contributed by atoms with Gasteiger partial charge in [-0.2, -0.15) is 0 Å². The summed E-state index contributed by atoms with van der Waals surface area (Å²) in [6, 6.07) is 4.13. The zero-order valence-corrected chi connectivity index (χ0v) is 9.60. The van der Waals surface area contributed by atoms with Crippen LogP contribution in [0, 0.1) is 5.82 Å². The Bertz CT molecular complexity index is 415. The molecule has 1 aromatic rings. The third kappa shape index (κ3) is 3.86. The van der Waals surface area contributed by atoms with Crippen LogP contribution in [0.3, 0.4) is 0 Å². The number of carbonyl (C=O) groups is 2. The predicted octanol–water partition coefficient (Wildman–Crippen LogP) is 1.97. The molecule has 0 aromatic heterocycles. The molecule has 4 nitrogen and oxygen atoms in total. The van der Waals surface area contributed by atoms with Crippen molar-refractivity contribution in [3.8, 4) is 5.75 Å². The Hall–Kier alpha value is -1.91. The number of aldehydes is 1. The molecule has 0 unspecified atom stereocenters. The van der Waals surface area contributed by atoms with Gasteiger partial charge in [-0.1, -0.05) is 6.07 Å². The summed E-state index contributed by atoms with van der Waals surface area (Å²) in [5.74, 6) is -1.51. The Kier molecular flexibility index (Phi) is 4.63. The van der Waals surface area contributed by atoms with Gasteiger partial charge in [0.2, 0.25) is 0 Å². The van der Waals surface area contributed by atoms with E-state index in [0.29, 0.717) is 6.29 Å². The number of esters is 1. The molecule has 1 rings (SSSR count). The maximum absolute atomic E-state index is 13.5. The lowest BCUT2D eigenvalue weighted by atomic mass is 10.2. The first-order valence-electron chi connectivity index (χ1n) is 5.10. The highest BCUT2D eigenvalue weighted by Gasteiger charge is 2.11. The minimum Gasteiger partial charge on any atom is -0.479 e. The molecule has 0 aliphatic heterocycles. The van der Waals surface area contributed by atoms with E-state index < -0.39 is 18.4 Å². The number of hydrogen-bond donors (Lipinski definition) is 0. The Morgan fingerprint density at radius 1 is 1.47 bits per heavy atom. The monoisotopic (exact) mass is 240 g/mol. The molecule has 0 heterocycles. The van der Waals surface area contributed by atoms with Crippen molar-refractivity contribution in [2.45, 2.75) is 20.0 Å². The van der Waals surface area contributed by atoms with Crippen molar-refractivity contribution in [1.29, 1.82) is 0 Å². The molecule has 0 N–H and O–H groups in total. The standard InChI is InChI=1S/C12H13FO4/c1-8(2)17-11(15)7-16-10-5-3-4-9(6-14)12(10)13/h3-6,8H,7H2,1-2H3. The molecule has 0 aliphatic carbocycles. The van der Waals surface area contributed by atoms with Crippen LogP contribution in [0.2, 0.25) is 0 Å². The van der Waals surface area contributed by atoms with E-state index in [-0.39, 0.29) is 17.4 Å². The number of halogens is 1. The molecule has 0 saturated heterocycles. The van der Waals surface area contributed by atoms with Crippen LogP contribution in [-0.2, 0) is 9.53 Å². The fourth-order valence-electron chi connectivity index (χ4n) is 1.16. The van der Waals surface area contributed by atoms with Crippen LogP contribution < -0.4 is 4.74 Å². The van der Waals surface area contributed by atoms with E-state index in [2.05, 4.69) is 0 Å². The predicted molar refractivity (Wildman–Crippen MR) is 58.5 cm³/mol. The molecule has 0 spiro atoms. The SMILES string of the molecule is CC(C)OC(=O)COc1cccc(C=O)c1F. The van der Waals surface area contributed by atoms with Gasteiger partial charge in [-0.15, -0.1) is 0 Å². The molecule has 17 heavy (non-hydrogen) atoms. The van der Waals surface area contributed by atoms with E-state index in [4.69, 9.17) is 9.47 Å². The van der Waals surface area contributed by atoms with Crippen LogP contribution in [0.5, 0.6) is 5.75 Å². The number of rotatable bonds is 5. The topological polar surface area (TPSA) is 52.6 Å². The van der Waals surface area contributed by atoms with Crippen molar-refractivity contribution in [1.82, 2.24) is 0 Å². The average molecular weight is 240 g/mol. The van der Waals surface area contributed by atoms with Gasteiger partial charge in [0.25, 0.3) is 0 Å². The zero-order valence-electron chi connectivity index (χ0n) is 9.60. The molecular formula is C12H13FO4. The molecule has 0 bridgehead atoms. The summed E-state index contributed by atoms with van der Waals surface area (Å²) >= 11 is 0. The Balaban J connectivity index is 2.63. The highest BCUT2D eigenvalue weighted by Crippen LogP contribution is 2.19. The van der Waals surface area contributed by atoms with Gasteiger partial charge in [-0.25, -0.2) is 9.18 Å². The molecule has 0 amide bonds. The van der Waals surface area contributed by atoms with Gasteiger partial charge in [0.15, 0.2) is 24.5 Å². The number of ether oxygens (including phenoxy) is 2. The van der Waals surface area contributed by atoms with Crippen molar-refractivity contribution in [2.24, 2.45) is 0 Å². The third-order valence-corrected chi connectivity index (χ3v) is 1.83. The number of hydrogen-bond acceptors (Lipinski definition) is 4. The van der Waals surface area contributed by atoms with Crippen LogP contribution >= 0.6 is 0 Å². The molecule has 0 radical (unpaired) electrons. The maximum atomic E-state index is 13.5. The van der Waals surface area contributed by atoms with Gasteiger partial charge in [0.1, 0.15) is 0 Å². The molecule has 0 fully saturated rings. The van der Waals surface area contributed by atoms with Crippen LogP contribution in [0.4, 0.5) is 4.39 Å². The van der Waals surface area contributed by atoms with E-state index >= 15 is 0 Å². The second kappa shape index (κ2) is 5.98. The van der Waals surface area contributed by atoms with Gasteiger partial charge in [-0.05, 0) is 26.0 Å². The average Bonchev–Trinajstić information content (AvgIpc) is 2.27. The molecule has 0 saturated carbocycles. The smallest absolute Gasteiger partial charge is 0.344 e. The second-order valence-electron chi connectivity index (χ2n) is 3.60. The highest BCUT2D eigenvalue weighted by atomic mass is 19.1. The minimum absolute atomic E-state index is 0.111. The lowest BCUT2D eigenvalue weighted by molar-refractivity contribution is -0.149. The number of benzene rings is 1. The minimum atomic E-state index is -0.778. The number of carbonyl (C=O) groups excluding carboxylic acids is 2. The van der Waals surface area contributed by atoms with Gasteiger partial charge in [0.05, 0.1) is 11.7 Å². The summed E-state index contributed by atoms with van der Waals surface area (Å²) in [7, 11) is 0. The van der Waals surface area contributed by atoms with Gasteiger partial charge in [0, 0.05) is 0 Å². The summed E-state index contributed by atoms with van der Waals surface area (Å²) in [6.45, 7) is 3.01. The van der Waals surface area contributed by atoms with Gasteiger partial charge >= 0.3 is 5.97 Å². The zero-order chi connectivity index (χ0) is 12.8. The van der Waals surface area contributed by atoms with E-state index in [0.717, 1.165) is 0 Å². The van der Waals surface area contributed by atoms with Crippen LogP contribution in [0.1, 0.15) is 24.2 Å². The van der Waals surface area contributed by atoms with Crippen molar-refractivity contribution >= 4 is 12.3 Å². The molecule has 0 atom stereocenters. The van der Waals surface area contributed by atoms with Gasteiger partial charge < -0.3 is 9.47 Å². The third-order valence-electron chi connectivity index (χ3n) is 1.83. The van der Waals surface area contributed by atoms with E-state index in [1.807, 2.05) is 0 Å². The van der Waals surface area contributed by atoms with Crippen molar-refractivity contribution in [3.05, 3.63) is 29.6 Å². The Morgan fingerprint density at radius 3 is 2.76 bits per heavy atom. The summed E-state index contributed by atoms with van der Waals surface area (Å²) in [5.41, 5.74) is -0.111. The summed E-state index contributed by atoms with van der Waals surface area (Å²) in [6.07, 6.45) is 0.131. The van der Waals surface area contributed by atoms with Crippen molar-refractivity contribution < 1.29 is 23.5 Å². The fourth-order valence-corrected chi connectivity index (χ4v) is 1.16. The van der Waals surface area contributed by atoms with E-state index in [1.54, 1.807) is 13.8 Å².